The van der Waals surface area contributed by atoms with E-state index in [1.807, 2.05) is 0 Å². The molecule has 1 aliphatic heterocycles. The molecule has 0 bridgehead atoms. The van der Waals surface area contributed by atoms with Gasteiger partial charge in [-0.2, -0.15) is 23.4 Å². The highest BCUT2D eigenvalue weighted by atomic mass is 32.2. The van der Waals surface area contributed by atoms with Crippen molar-refractivity contribution in [3.63, 3.8) is 0 Å². The number of guanidine groups is 1. The molecule has 10 N–H and O–H groups in total. The maximum absolute atomic E-state index is 13.2. The number of nitrogens with zero attached hydrogens (tertiary/aromatic N) is 7. The van der Waals surface area contributed by atoms with Crippen molar-refractivity contribution in [2.75, 3.05) is 5.73 Å². The van der Waals surface area contributed by atoms with Gasteiger partial charge in [0.2, 0.25) is 5.60 Å². The fraction of sp³-hybridized carbons (Fsp3) is 0.524. The first-order chi connectivity index (χ1) is 20.3. The highest BCUT2D eigenvalue weighted by molar-refractivity contribution is 7.84. The average Bonchev–Trinajstić information content (AvgIpc) is 3.37. The van der Waals surface area contributed by atoms with Gasteiger partial charge in [-0.1, -0.05) is 5.16 Å². The molecule has 2 atom stereocenters. The lowest BCUT2D eigenvalue weighted by atomic mass is 9.88. The number of oxime groups is 1. The second-order valence-corrected chi connectivity index (χ2v) is 12.4. The van der Waals surface area contributed by atoms with Gasteiger partial charge in [0.15, 0.2) is 16.8 Å². The van der Waals surface area contributed by atoms with Crippen molar-refractivity contribution >= 4 is 56.2 Å². The highest BCUT2D eigenvalue weighted by Crippen LogP contribution is 2.40. The van der Waals surface area contributed by atoms with E-state index >= 15 is 0 Å². The molecule has 232 valence electrons. The summed E-state index contributed by atoms with van der Waals surface area (Å²) >= 11 is 0.966. The third-order valence-electron chi connectivity index (χ3n) is 6.96. The second-order valence-electron chi connectivity index (χ2n) is 10.2. The number of aromatic nitrogens is 4. The Balaban J connectivity index is 1.29. The number of carbonyl (C=O) groups is 3. The van der Waals surface area contributed by atoms with Gasteiger partial charge >= 0.3 is 16.3 Å². The van der Waals surface area contributed by atoms with E-state index in [2.05, 4.69) is 36.0 Å². The number of carboxylic acid groups (broad SMARTS) is 1. The smallest absolute Gasteiger partial charge is 0.362 e. The topological polar surface area (TPSA) is 309 Å². The van der Waals surface area contributed by atoms with E-state index in [1.165, 1.54) is 11.6 Å². The third-order valence-corrected chi connectivity index (χ3v) is 8.58. The predicted molar refractivity (Wildman–Crippen MR) is 147 cm³/mol. The lowest BCUT2D eigenvalue weighted by molar-refractivity contribution is -0.153. The number of hydrogen-bond donors (Lipinski definition) is 7. The van der Waals surface area contributed by atoms with Crippen LogP contribution in [0.25, 0.3) is 0 Å². The van der Waals surface area contributed by atoms with Crippen LogP contribution in [0.3, 0.4) is 0 Å². The molecule has 3 heterocycles. The zero-order valence-electron chi connectivity index (χ0n) is 22.2. The fourth-order valence-electron chi connectivity index (χ4n) is 4.40. The lowest BCUT2D eigenvalue weighted by Gasteiger charge is -2.43. The van der Waals surface area contributed by atoms with Crippen LogP contribution in [0.1, 0.15) is 37.1 Å². The minimum atomic E-state index is -5.02. The first kappa shape index (κ1) is 30.1. The number of carboxylic acids is 1. The number of amides is 2. The number of nitrogen functional groups attached to an aromatic ring is 1. The number of nitrogens with two attached hydrogens (primary N) is 3. The van der Waals surface area contributed by atoms with Gasteiger partial charge in [-0.25, -0.2) is 19.1 Å². The van der Waals surface area contributed by atoms with Gasteiger partial charge in [0.05, 0.1) is 19.3 Å². The average molecular weight is 641 g/mol. The Hall–Kier alpha value is -4.41. The van der Waals surface area contributed by atoms with E-state index in [4.69, 9.17) is 22.0 Å². The zero-order valence-corrected chi connectivity index (χ0v) is 23.9. The van der Waals surface area contributed by atoms with E-state index in [0.717, 1.165) is 29.0 Å². The Morgan fingerprint density at radius 1 is 1.28 bits per heavy atom. The first-order valence-electron chi connectivity index (χ1n) is 12.8. The Morgan fingerprint density at radius 3 is 2.58 bits per heavy atom. The number of carbonyl (C=O) groups excluding carboxylic acids is 2. The number of thiazole rings is 1. The molecule has 0 radical (unpaired) electrons. The van der Waals surface area contributed by atoms with Crippen molar-refractivity contribution in [3.8, 4) is 0 Å². The number of hydrogen-bond acceptors (Lipinski definition) is 14. The van der Waals surface area contributed by atoms with Crippen molar-refractivity contribution in [2.45, 2.75) is 68.5 Å². The molecule has 0 spiro atoms. The Kier molecular flexibility index (Phi) is 7.93. The Labute approximate surface area is 247 Å². The Bertz CT molecular complexity index is 1590. The minimum absolute atomic E-state index is 0.0395. The van der Waals surface area contributed by atoms with Crippen molar-refractivity contribution in [2.24, 2.45) is 21.6 Å². The number of aliphatic imine (C=N–C) groups is 1. The molecule has 2 unspecified atom stereocenters. The number of rotatable bonds is 12. The molecule has 2 saturated carbocycles. The molecular weight excluding hydrogens is 612 g/mol. The summed E-state index contributed by atoms with van der Waals surface area (Å²) in [6.07, 6.45) is 3.22. The van der Waals surface area contributed by atoms with Crippen molar-refractivity contribution in [3.05, 3.63) is 23.0 Å². The SMILES string of the molecule is NC(=NCc1cnn(CC2C(NC(=O)C(=NOC3(C(=O)O)CC3)c3csc(N)n3)C(=O)N2S(=O)(=O)O)n1)NC1CC(N)C1. The van der Waals surface area contributed by atoms with E-state index in [1.54, 1.807) is 0 Å². The maximum atomic E-state index is 13.2. The van der Waals surface area contributed by atoms with Gasteiger partial charge in [0.25, 0.3) is 11.8 Å². The van der Waals surface area contributed by atoms with Crippen LogP contribution in [-0.2, 0) is 42.6 Å². The third kappa shape index (κ3) is 6.50. The fourth-order valence-corrected chi connectivity index (χ4v) is 5.82. The summed E-state index contributed by atoms with van der Waals surface area (Å²) in [7, 11) is -5.02. The normalized spacial score (nSPS) is 25.0. The molecule has 2 amide bonds. The lowest BCUT2D eigenvalue weighted by Crippen LogP contribution is -2.73. The standard InChI is InChI=1S/C21H28N12O8S2/c22-9-3-10(4-9)27-19(23)25-5-11-6-26-32(30-11)7-13-15(17(35)33(13)43(38,39)40)29-16(34)14(12-8-42-20(24)28-12)31-41-21(1-2-21)18(36)37/h6,8-10,13,15H,1-5,7,22H2,(H2,24,28)(H,29,34)(H,36,37)(H3,23,25,27)(H,38,39,40). The molecule has 2 aromatic heterocycles. The van der Waals surface area contributed by atoms with Crippen LogP contribution in [0.4, 0.5) is 5.13 Å². The minimum Gasteiger partial charge on any atom is -0.478 e. The number of nitrogens with one attached hydrogen (secondary N) is 2. The molecule has 2 aliphatic carbocycles. The summed E-state index contributed by atoms with van der Waals surface area (Å²) in [5.74, 6) is -3.26. The highest BCUT2D eigenvalue weighted by Gasteiger charge is 2.56. The molecule has 5 rings (SSSR count). The summed E-state index contributed by atoms with van der Waals surface area (Å²) in [5, 5.41) is 28.1. The van der Waals surface area contributed by atoms with Crippen LogP contribution in [0.2, 0.25) is 0 Å². The van der Waals surface area contributed by atoms with Crippen molar-refractivity contribution in [1.82, 2.24) is 34.9 Å². The summed E-state index contributed by atoms with van der Waals surface area (Å²) < 4.78 is 33.7. The van der Waals surface area contributed by atoms with E-state index < -0.39 is 51.5 Å². The maximum Gasteiger partial charge on any atom is 0.362 e. The molecule has 22 heteroatoms. The van der Waals surface area contributed by atoms with Crippen molar-refractivity contribution < 1.29 is 37.3 Å². The van der Waals surface area contributed by atoms with Crippen LogP contribution in [0.15, 0.2) is 21.7 Å². The van der Waals surface area contributed by atoms with Crippen LogP contribution >= 0.6 is 11.3 Å². The summed E-state index contributed by atoms with van der Waals surface area (Å²) in [6.45, 7) is -0.319. The summed E-state index contributed by atoms with van der Waals surface area (Å²) in [4.78, 5) is 51.8. The van der Waals surface area contributed by atoms with Gasteiger partial charge in [-0.3, -0.25) is 14.1 Å². The number of β-lactam (4-membered cyclic amide) rings is 1. The first-order valence-corrected chi connectivity index (χ1v) is 15.1. The largest absolute Gasteiger partial charge is 0.478 e. The molecule has 20 nitrogen and oxygen atoms in total. The summed E-state index contributed by atoms with van der Waals surface area (Å²) in [6, 6.07) is -2.56. The molecule has 1 saturated heterocycles. The summed E-state index contributed by atoms with van der Waals surface area (Å²) in [5.41, 5.74) is 15.5. The van der Waals surface area contributed by atoms with Gasteiger partial charge < -0.3 is 37.8 Å². The number of anilines is 1. The molecule has 3 fully saturated rings. The molecular formula is C21H28N12O8S2. The molecule has 2 aromatic rings. The molecule has 43 heavy (non-hydrogen) atoms. The number of aliphatic carboxylic acids is 1. The van der Waals surface area contributed by atoms with E-state index in [0.29, 0.717) is 5.69 Å². The van der Waals surface area contributed by atoms with Crippen LogP contribution in [0.5, 0.6) is 0 Å². The quantitative estimate of drug-likeness (QED) is 0.0394. The Morgan fingerprint density at radius 2 is 2.00 bits per heavy atom. The van der Waals surface area contributed by atoms with Crippen LogP contribution in [0, 0.1) is 0 Å². The van der Waals surface area contributed by atoms with Gasteiger partial charge in [0, 0.05) is 30.3 Å². The monoisotopic (exact) mass is 640 g/mol. The van der Waals surface area contributed by atoms with Gasteiger partial charge in [0.1, 0.15) is 23.5 Å². The molecule has 3 aliphatic rings. The second kappa shape index (κ2) is 11.3. The predicted octanol–water partition coefficient (Wildman–Crippen LogP) is -3.25. The van der Waals surface area contributed by atoms with E-state index in [9.17, 15) is 32.5 Å². The van der Waals surface area contributed by atoms with Gasteiger partial charge in [-0.15, -0.1) is 11.3 Å². The van der Waals surface area contributed by atoms with Gasteiger partial charge in [-0.05, 0) is 12.8 Å². The van der Waals surface area contributed by atoms with Crippen LogP contribution < -0.4 is 27.8 Å². The van der Waals surface area contributed by atoms with Crippen molar-refractivity contribution in [1.29, 1.82) is 0 Å². The molecule has 0 aromatic carbocycles. The van der Waals surface area contributed by atoms with Crippen LogP contribution in [-0.4, -0.2) is 102 Å². The zero-order chi connectivity index (χ0) is 31.1. The van der Waals surface area contributed by atoms with E-state index in [-0.39, 0.29) is 59.1 Å².